The number of nitrogens with zero attached hydrogens (tertiary/aromatic N) is 1. The number of phenols is 1. The number of para-hydroxylation sites is 1. The summed E-state index contributed by atoms with van der Waals surface area (Å²) < 4.78 is 0. The maximum absolute atomic E-state index is 10.7. The Morgan fingerprint density at radius 2 is 2.08 bits per heavy atom. The number of rotatable bonds is 1. The van der Waals surface area contributed by atoms with Crippen LogP contribution in [-0.4, -0.2) is 20.3 Å². The summed E-state index contributed by atoms with van der Waals surface area (Å²) in [6.07, 6.45) is 0. The fraction of sp³-hybridized carbons (Fsp3) is 0. The van der Waals surface area contributed by atoms with Crippen molar-refractivity contribution < 1.29 is 5.11 Å². The second kappa shape index (κ2) is 2.78. The molecule has 0 aliphatic heterocycles. The molecule has 0 saturated carbocycles. The molecule has 0 spiro atoms. The maximum atomic E-state index is 10.7. The van der Waals surface area contributed by atoms with E-state index in [9.17, 15) is 9.90 Å². The zero-order valence-electron chi connectivity index (χ0n) is 6.61. The van der Waals surface area contributed by atoms with Crippen LogP contribution in [0.25, 0.3) is 11.4 Å². The highest BCUT2D eigenvalue weighted by Gasteiger charge is 2.05. The van der Waals surface area contributed by atoms with Gasteiger partial charge in [0.2, 0.25) is 0 Å². The van der Waals surface area contributed by atoms with Gasteiger partial charge in [0.25, 0.3) is 0 Å². The summed E-state index contributed by atoms with van der Waals surface area (Å²) in [4.78, 5) is 13.2. The number of hydrogen-bond acceptors (Lipinski definition) is 3. The number of H-pyrrole nitrogens is 2. The van der Waals surface area contributed by atoms with Gasteiger partial charge in [0.05, 0.1) is 5.56 Å². The van der Waals surface area contributed by atoms with Gasteiger partial charge in [-0.05, 0) is 12.1 Å². The van der Waals surface area contributed by atoms with Crippen LogP contribution in [0.3, 0.4) is 0 Å². The highest BCUT2D eigenvalue weighted by Crippen LogP contribution is 2.23. The van der Waals surface area contributed by atoms with Gasteiger partial charge in [-0.15, -0.1) is 0 Å². The highest BCUT2D eigenvalue weighted by molar-refractivity contribution is 5.62. The number of aromatic amines is 2. The molecule has 0 unspecified atom stereocenters. The molecule has 3 N–H and O–H groups in total. The summed E-state index contributed by atoms with van der Waals surface area (Å²) in [5.74, 6) is 0.424. The third-order valence-corrected chi connectivity index (χ3v) is 1.66. The first kappa shape index (κ1) is 7.60. The van der Waals surface area contributed by atoms with E-state index in [4.69, 9.17) is 0 Å². The number of benzene rings is 1. The van der Waals surface area contributed by atoms with Gasteiger partial charge in [0, 0.05) is 0 Å². The summed E-state index contributed by atoms with van der Waals surface area (Å²) in [5, 5.41) is 15.3. The molecule has 13 heavy (non-hydrogen) atoms. The van der Waals surface area contributed by atoms with E-state index < -0.39 is 5.69 Å². The Hall–Kier alpha value is -2.04. The molecule has 2 aromatic rings. The smallest absolute Gasteiger partial charge is 0.340 e. The van der Waals surface area contributed by atoms with Gasteiger partial charge in [-0.3, -0.25) is 4.98 Å². The minimum atomic E-state index is -0.391. The normalized spacial score (nSPS) is 10.2. The van der Waals surface area contributed by atoms with E-state index in [1.54, 1.807) is 18.2 Å². The molecule has 66 valence electrons. The van der Waals surface area contributed by atoms with E-state index in [1.807, 2.05) is 0 Å². The lowest BCUT2D eigenvalue weighted by molar-refractivity contribution is 0.477. The largest absolute Gasteiger partial charge is 0.507 e. The first-order valence-electron chi connectivity index (χ1n) is 3.70. The fourth-order valence-corrected chi connectivity index (χ4v) is 1.07. The molecule has 1 heterocycles. The first-order valence-corrected chi connectivity index (χ1v) is 3.70. The van der Waals surface area contributed by atoms with Gasteiger partial charge >= 0.3 is 5.69 Å². The van der Waals surface area contributed by atoms with Crippen LogP contribution in [-0.2, 0) is 0 Å². The summed E-state index contributed by atoms with van der Waals surface area (Å²) in [6, 6.07) is 6.65. The van der Waals surface area contributed by atoms with Crippen LogP contribution in [0.5, 0.6) is 5.75 Å². The second-order valence-electron chi connectivity index (χ2n) is 2.54. The lowest BCUT2D eigenvalue weighted by atomic mass is 10.2. The molecule has 0 amide bonds. The molecule has 0 aliphatic rings. The summed E-state index contributed by atoms with van der Waals surface area (Å²) in [6.45, 7) is 0. The van der Waals surface area contributed by atoms with Crippen molar-refractivity contribution in [3.05, 3.63) is 34.7 Å². The first-order chi connectivity index (χ1) is 6.27. The Morgan fingerprint density at radius 3 is 2.69 bits per heavy atom. The third-order valence-electron chi connectivity index (χ3n) is 1.66. The van der Waals surface area contributed by atoms with E-state index >= 15 is 0 Å². The van der Waals surface area contributed by atoms with E-state index in [-0.39, 0.29) is 5.75 Å². The van der Waals surface area contributed by atoms with Crippen molar-refractivity contribution >= 4 is 0 Å². The van der Waals surface area contributed by atoms with Crippen molar-refractivity contribution in [3.8, 4) is 17.1 Å². The maximum Gasteiger partial charge on any atom is 0.340 e. The Balaban J connectivity index is 2.58. The van der Waals surface area contributed by atoms with E-state index in [0.29, 0.717) is 11.4 Å². The molecular formula is C8H7N3O2. The van der Waals surface area contributed by atoms with Crippen molar-refractivity contribution in [1.82, 2.24) is 15.2 Å². The van der Waals surface area contributed by atoms with Gasteiger partial charge in [-0.25, -0.2) is 9.89 Å². The van der Waals surface area contributed by atoms with Gasteiger partial charge in [0.1, 0.15) is 5.75 Å². The van der Waals surface area contributed by atoms with Crippen LogP contribution in [0.4, 0.5) is 0 Å². The predicted octanol–water partition coefficient (Wildman–Crippen LogP) is 0.471. The van der Waals surface area contributed by atoms with Crippen LogP contribution >= 0.6 is 0 Å². The average molecular weight is 177 g/mol. The van der Waals surface area contributed by atoms with E-state index in [2.05, 4.69) is 15.2 Å². The molecule has 0 atom stereocenters. The minimum Gasteiger partial charge on any atom is -0.507 e. The van der Waals surface area contributed by atoms with Crippen molar-refractivity contribution in [1.29, 1.82) is 0 Å². The Bertz CT molecular complexity index is 472. The molecule has 0 fully saturated rings. The fourth-order valence-electron chi connectivity index (χ4n) is 1.07. The lowest BCUT2D eigenvalue weighted by Crippen LogP contribution is -2.00. The van der Waals surface area contributed by atoms with Crippen molar-refractivity contribution in [2.24, 2.45) is 0 Å². The number of aromatic nitrogens is 3. The molecule has 0 radical (unpaired) electrons. The van der Waals surface area contributed by atoms with E-state index in [1.165, 1.54) is 6.07 Å². The number of nitrogens with one attached hydrogen (secondary N) is 2. The predicted molar refractivity (Wildman–Crippen MR) is 46.3 cm³/mol. The minimum absolute atomic E-state index is 0.0882. The molecule has 2 rings (SSSR count). The quantitative estimate of drug-likeness (QED) is 0.592. The second-order valence-corrected chi connectivity index (χ2v) is 2.54. The van der Waals surface area contributed by atoms with Gasteiger partial charge in [-0.2, -0.15) is 5.10 Å². The van der Waals surface area contributed by atoms with E-state index in [0.717, 1.165) is 0 Å². The van der Waals surface area contributed by atoms with Gasteiger partial charge in [-0.1, -0.05) is 12.1 Å². The van der Waals surface area contributed by atoms with Gasteiger partial charge in [0.15, 0.2) is 5.82 Å². The van der Waals surface area contributed by atoms with Crippen molar-refractivity contribution in [2.75, 3.05) is 0 Å². The molecule has 5 nitrogen and oxygen atoms in total. The monoisotopic (exact) mass is 177 g/mol. The van der Waals surface area contributed by atoms with Crippen LogP contribution in [0.2, 0.25) is 0 Å². The number of aromatic hydroxyl groups is 1. The molecule has 1 aromatic carbocycles. The standard InChI is InChI=1S/C8H7N3O2/c12-6-4-2-1-3-5(6)7-9-8(13)11-10-7/h1-4,12H,(H2,9,10,11,13). The highest BCUT2D eigenvalue weighted by atomic mass is 16.3. The van der Waals surface area contributed by atoms with Crippen LogP contribution in [0.15, 0.2) is 29.1 Å². The summed E-state index contributed by atoms with van der Waals surface area (Å²) in [5.41, 5.74) is 0.110. The number of hydrogen-bond donors (Lipinski definition) is 3. The van der Waals surface area contributed by atoms with Crippen molar-refractivity contribution in [3.63, 3.8) is 0 Å². The molecule has 5 heteroatoms. The molecular weight excluding hydrogens is 170 g/mol. The number of phenolic OH excluding ortho intramolecular Hbond substituents is 1. The third kappa shape index (κ3) is 1.31. The van der Waals surface area contributed by atoms with Crippen LogP contribution < -0.4 is 5.69 Å². The van der Waals surface area contributed by atoms with Gasteiger partial charge < -0.3 is 5.11 Å². The Kier molecular flexibility index (Phi) is 1.63. The SMILES string of the molecule is O=c1[nH]nc(-c2ccccc2O)[nH]1. The van der Waals surface area contributed by atoms with Crippen molar-refractivity contribution in [2.45, 2.75) is 0 Å². The Labute approximate surface area is 73.1 Å². The Morgan fingerprint density at radius 1 is 1.31 bits per heavy atom. The molecule has 1 aromatic heterocycles. The molecule has 0 aliphatic carbocycles. The molecule has 0 bridgehead atoms. The molecule has 0 saturated heterocycles. The van der Waals surface area contributed by atoms with Crippen LogP contribution in [0.1, 0.15) is 0 Å². The zero-order chi connectivity index (χ0) is 9.26. The topological polar surface area (TPSA) is 81.8 Å². The van der Waals surface area contributed by atoms with Crippen LogP contribution in [0, 0.1) is 0 Å². The summed E-state index contributed by atoms with van der Waals surface area (Å²) in [7, 11) is 0. The zero-order valence-corrected chi connectivity index (χ0v) is 6.61. The lowest BCUT2D eigenvalue weighted by Gasteiger charge is -1.97. The average Bonchev–Trinajstić information content (AvgIpc) is 2.53. The summed E-state index contributed by atoms with van der Waals surface area (Å²) >= 11 is 0.